The van der Waals surface area contributed by atoms with Crippen LogP contribution >= 0.6 is 0 Å². The number of hydrogen-bond donors (Lipinski definition) is 1. The smallest absolute Gasteiger partial charge is 0.228 e. The molecule has 4 fully saturated rings. The standard InChI is InChI=1S/C25H27N3O2/c1-2-22-25(30,19-12-15-27(22)16-13-19)20-10-11-23(28-14-6-9-24(28)29)26-21(20)17-18-7-4-3-5-8-18/h1,3-5,7-8,10-11,19,22,30H,6,9,12-17H2/t22?,25-/m1/s1. The Morgan fingerprint density at radius 3 is 2.57 bits per heavy atom. The molecule has 4 aliphatic rings. The van der Waals surface area contributed by atoms with E-state index in [4.69, 9.17) is 11.4 Å². The molecule has 2 atom stereocenters. The van der Waals surface area contributed by atoms with Crippen molar-refractivity contribution >= 4 is 11.7 Å². The van der Waals surface area contributed by atoms with Gasteiger partial charge in [0.1, 0.15) is 17.5 Å². The molecule has 1 aromatic carbocycles. The number of hydrogen-bond acceptors (Lipinski definition) is 4. The summed E-state index contributed by atoms with van der Waals surface area (Å²) in [5.74, 6) is 3.79. The first kappa shape index (κ1) is 19.3. The third-order valence-electron chi connectivity index (χ3n) is 7.05. The Morgan fingerprint density at radius 1 is 1.13 bits per heavy atom. The van der Waals surface area contributed by atoms with Crippen LogP contribution in [0.2, 0.25) is 0 Å². The van der Waals surface area contributed by atoms with Gasteiger partial charge in [-0.05, 0) is 49.9 Å². The van der Waals surface area contributed by atoms with Gasteiger partial charge in [-0.25, -0.2) is 4.98 Å². The highest BCUT2D eigenvalue weighted by molar-refractivity contribution is 5.94. The van der Waals surface area contributed by atoms with Gasteiger partial charge < -0.3 is 5.11 Å². The highest BCUT2D eigenvalue weighted by Gasteiger charge is 2.54. The van der Waals surface area contributed by atoms with E-state index in [0.717, 1.165) is 49.2 Å². The Bertz CT molecular complexity index is 991. The van der Waals surface area contributed by atoms with Crippen LogP contribution in [0.5, 0.6) is 0 Å². The molecule has 5 heterocycles. The lowest BCUT2D eigenvalue weighted by Gasteiger charge is -2.54. The van der Waals surface area contributed by atoms with Crippen LogP contribution in [-0.2, 0) is 16.8 Å². The van der Waals surface area contributed by atoms with Gasteiger partial charge in [0.2, 0.25) is 5.91 Å². The molecule has 1 amide bonds. The van der Waals surface area contributed by atoms with Crippen molar-refractivity contribution in [3.63, 3.8) is 0 Å². The minimum Gasteiger partial charge on any atom is -0.382 e. The number of amides is 1. The van der Waals surface area contributed by atoms with Crippen molar-refractivity contribution < 1.29 is 9.90 Å². The van der Waals surface area contributed by atoms with Gasteiger partial charge in [0, 0.05) is 24.9 Å². The summed E-state index contributed by atoms with van der Waals surface area (Å²) in [5.41, 5.74) is 1.64. The van der Waals surface area contributed by atoms with E-state index in [1.807, 2.05) is 30.3 Å². The zero-order valence-electron chi connectivity index (χ0n) is 17.1. The first-order valence-corrected chi connectivity index (χ1v) is 10.9. The monoisotopic (exact) mass is 401 g/mol. The number of anilines is 1. The maximum atomic E-state index is 12.3. The normalized spacial score (nSPS) is 30.5. The summed E-state index contributed by atoms with van der Waals surface area (Å²) in [5, 5.41) is 12.1. The fourth-order valence-corrected chi connectivity index (χ4v) is 5.52. The van der Waals surface area contributed by atoms with Crippen molar-refractivity contribution in [1.82, 2.24) is 9.88 Å². The van der Waals surface area contributed by atoms with Gasteiger partial charge in [0.25, 0.3) is 0 Å². The second kappa shape index (κ2) is 7.54. The molecule has 154 valence electrons. The molecule has 1 N–H and O–H groups in total. The van der Waals surface area contributed by atoms with Crippen molar-refractivity contribution in [2.45, 2.75) is 43.7 Å². The molecule has 6 rings (SSSR count). The van der Waals surface area contributed by atoms with E-state index in [-0.39, 0.29) is 17.9 Å². The molecule has 1 aromatic heterocycles. The molecule has 5 heteroatoms. The molecule has 1 unspecified atom stereocenters. The second-order valence-electron chi connectivity index (χ2n) is 8.68. The van der Waals surface area contributed by atoms with Crippen LogP contribution in [0.1, 0.15) is 42.5 Å². The number of aromatic nitrogens is 1. The van der Waals surface area contributed by atoms with Gasteiger partial charge in [-0.1, -0.05) is 42.3 Å². The van der Waals surface area contributed by atoms with Crippen molar-refractivity contribution in [2.75, 3.05) is 24.5 Å². The summed E-state index contributed by atoms with van der Waals surface area (Å²) in [4.78, 5) is 21.2. The van der Waals surface area contributed by atoms with Crippen molar-refractivity contribution in [3.05, 3.63) is 59.3 Å². The molecular formula is C25H27N3O2. The number of piperidine rings is 3. The fourth-order valence-electron chi connectivity index (χ4n) is 5.52. The number of carbonyl (C=O) groups is 1. The molecule has 0 radical (unpaired) electrons. The molecule has 30 heavy (non-hydrogen) atoms. The van der Waals surface area contributed by atoms with Crippen LogP contribution in [0, 0.1) is 18.3 Å². The first-order chi connectivity index (χ1) is 14.6. The molecule has 2 aromatic rings. The lowest BCUT2D eigenvalue weighted by molar-refractivity contribution is -0.143. The Labute approximate surface area is 177 Å². The van der Waals surface area contributed by atoms with E-state index >= 15 is 0 Å². The van der Waals surface area contributed by atoms with Gasteiger partial charge in [0.05, 0.1) is 5.69 Å². The summed E-state index contributed by atoms with van der Waals surface area (Å²) in [6.45, 7) is 2.57. The lowest BCUT2D eigenvalue weighted by Crippen LogP contribution is -2.63. The van der Waals surface area contributed by atoms with Crippen molar-refractivity contribution in [2.24, 2.45) is 5.92 Å². The molecule has 4 saturated heterocycles. The quantitative estimate of drug-likeness (QED) is 0.801. The van der Waals surface area contributed by atoms with E-state index < -0.39 is 5.60 Å². The highest BCUT2D eigenvalue weighted by atomic mass is 16.3. The predicted octanol–water partition coefficient (Wildman–Crippen LogP) is 2.71. The molecular weight excluding hydrogens is 374 g/mol. The van der Waals surface area contributed by atoms with E-state index in [1.165, 1.54) is 0 Å². The van der Waals surface area contributed by atoms with Gasteiger partial charge in [-0.2, -0.15) is 0 Å². The van der Waals surface area contributed by atoms with Crippen LogP contribution in [0.15, 0.2) is 42.5 Å². The number of nitrogens with zero attached hydrogens (tertiary/aromatic N) is 3. The summed E-state index contributed by atoms with van der Waals surface area (Å²) in [7, 11) is 0. The molecule has 4 aliphatic heterocycles. The van der Waals surface area contributed by atoms with E-state index in [9.17, 15) is 9.90 Å². The minimum absolute atomic E-state index is 0.115. The summed E-state index contributed by atoms with van der Waals surface area (Å²) in [6.07, 6.45) is 9.82. The SMILES string of the molecule is C#CC1N2CCC(CC2)[C@@]1(O)c1ccc(N2CCCC2=O)nc1Cc1ccccc1. The highest BCUT2D eigenvalue weighted by Crippen LogP contribution is 2.48. The Hall–Kier alpha value is -2.68. The number of benzene rings is 1. The second-order valence-corrected chi connectivity index (χ2v) is 8.68. The number of pyridine rings is 1. The Morgan fingerprint density at radius 2 is 1.90 bits per heavy atom. The van der Waals surface area contributed by atoms with Crippen LogP contribution in [-0.4, -0.2) is 46.6 Å². The average Bonchev–Trinajstić information content (AvgIpc) is 3.21. The van der Waals surface area contributed by atoms with Crippen molar-refractivity contribution in [3.8, 4) is 12.3 Å². The number of fused-ring (bicyclic) bond motifs is 3. The summed E-state index contributed by atoms with van der Waals surface area (Å²) in [6, 6.07) is 13.7. The van der Waals surface area contributed by atoms with Crippen LogP contribution < -0.4 is 4.90 Å². The largest absolute Gasteiger partial charge is 0.382 e. The number of aliphatic hydroxyl groups is 1. The van der Waals surface area contributed by atoms with Gasteiger partial charge in [-0.15, -0.1) is 6.42 Å². The lowest BCUT2D eigenvalue weighted by atomic mass is 9.66. The molecule has 2 bridgehead atoms. The summed E-state index contributed by atoms with van der Waals surface area (Å²) < 4.78 is 0. The predicted molar refractivity (Wildman–Crippen MR) is 116 cm³/mol. The fraction of sp³-hybridized carbons (Fsp3) is 0.440. The van der Waals surface area contributed by atoms with E-state index in [0.29, 0.717) is 25.2 Å². The first-order valence-electron chi connectivity index (χ1n) is 10.9. The maximum absolute atomic E-state index is 12.3. The number of carbonyl (C=O) groups excluding carboxylic acids is 1. The van der Waals surface area contributed by atoms with Gasteiger partial charge >= 0.3 is 0 Å². The van der Waals surface area contributed by atoms with E-state index in [1.54, 1.807) is 4.90 Å². The third-order valence-corrected chi connectivity index (χ3v) is 7.05. The van der Waals surface area contributed by atoms with E-state index in [2.05, 4.69) is 23.0 Å². The average molecular weight is 402 g/mol. The number of rotatable bonds is 4. The minimum atomic E-state index is -1.12. The van der Waals surface area contributed by atoms with Gasteiger partial charge in [0.15, 0.2) is 0 Å². The Kier molecular flexibility index (Phi) is 4.85. The zero-order chi connectivity index (χ0) is 20.7. The van der Waals surface area contributed by atoms with Gasteiger partial charge in [-0.3, -0.25) is 14.6 Å². The molecule has 0 aliphatic carbocycles. The van der Waals surface area contributed by atoms with Crippen LogP contribution in [0.4, 0.5) is 5.82 Å². The molecule has 0 spiro atoms. The Balaban J connectivity index is 1.62. The zero-order valence-corrected chi connectivity index (χ0v) is 17.1. The maximum Gasteiger partial charge on any atom is 0.228 e. The third kappa shape index (κ3) is 3.03. The van der Waals surface area contributed by atoms with Crippen molar-refractivity contribution in [1.29, 1.82) is 0 Å². The topological polar surface area (TPSA) is 56.7 Å². The van der Waals surface area contributed by atoms with Crippen LogP contribution in [0.3, 0.4) is 0 Å². The molecule has 5 nitrogen and oxygen atoms in total. The molecule has 0 saturated carbocycles. The number of terminal acetylenes is 1. The van der Waals surface area contributed by atoms with Crippen LogP contribution in [0.25, 0.3) is 0 Å². The summed E-state index contributed by atoms with van der Waals surface area (Å²) >= 11 is 0.